The molecule has 0 amide bonds. The van der Waals surface area contributed by atoms with Crippen molar-refractivity contribution in [1.29, 1.82) is 5.26 Å². The van der Waals surface area contributed by atoms with E-state index in [1.807, 2.05) is 19.1 Å². The molecule has 1 atom stereocenters. The number of halogens is 1. The zero-order valence-corrected chi connectivity index (χ0v) is 24.3. The molecule has 0 fully saturated rings. The number of fused-ring (bicyclic) bond motifs is 1. The number of carbonyl (C=O) groups is 1. The summed E-state index contributed by atoms with van der Waals surface area (Å²) in [4.78, 5) is 12.5. The highest BCUT2D eigenvalue weighted by Crippen LogP contribution is 2.45. The van der Waals surface area contributed by atoms with Gasteiger partial charge in [0.25, 0.3) is 0 Å². The lowest BCUT2D eigenvalue weighted by Crippen LogP contribution is -2.22. The summed E-state index contributed by atoms with van der Waals surface area (Å²) in [5, 5.41) is 10.00. The summed E-state index contributed by atoms with van der Waals surface area (Å²) in [6.45, 7) is 3.99. The zero-order valence-electron chi connectivity index (χ0n) is 24.3. The average molecular weight is 595 g/mol. The first-order valence-electron chi connectivity index (χ1n) is 14.2. The van der Waals surface area contributed by atoms with Crippen LogP contribution in [0.4, 0.5) is 4.39 Å². The molecule has 0 aromatic heterocycles. The van der Waals surface area contributed by atoms with Crippen molar-refractivity contribution in [2.45, 2.75) is 32.8 Å². The molecule has 9 heteroatoms. The molecule has 0 spiro atoms. The van der Waals surface area contributed by atoms with Gasteiger partial charge in [-0.15, -0.1) is 0 Å². The summed E-state index contributed by atoms with van der Waals surface area (Å²) in [6, 6.07) is 26.2. The largest absolute Gasteiger partial charge is 0.490 e. The molecule has 4 aromatic carbocycles. The van der Waals surface area contributed by atoms with Crippen LogP contribution in [0.5, 0.6) is 28.7 Å². The van der Waals surface area contributed by atoms with E-state index in [1.54, 1.807) is 66.7 Å². The highest BCUT2D eigenvalue weighted by Gasteiger charge is 2.32. The van der Waals surface area contributed by atoms with Crippen LogP contribution < -0.4 is 29.4 Å². The standard InChI is InChI=1S/C35H31FN2O6/c1-3-22-9-12-25(13-10-22)41-21-33(39)43-26-14-15-27-31(18-26)44-35(38)28(19-37)34(27)23-11-16-30(32(17-23)40-4-2)42-20-24-7-5-6-8-29(24)36/h5-18,34H,3-4,20-21,38H2,1-2H3. The van der Waals surface area contributed by atoms with E-state index in [0.29, 0.717) is 46.3 Å². The second-order valence-corrected chi connectivity index (χ2v) is 9.90. The molecular formula is C35H31FN2O6. The van der Waals surface area contributed by atoms with Crippen LogP contribution in [0.1, 0.15) is 42.0 Å². The van der Waals surface area contributed by atoms with E-state index in [9.17, 15) is 14.4 Å². The fourth-order valence-corrected chi connectivity index (χ4v) is 4.83. The Labute approximate surface area is 255 Å². The van der Waals surface area contributed by atoms with Crippen LogP contribution in [0.15, 0.2) is 96.4 Å². The fourth-order valence-electron chi connectivity index (χ4n) is 4.83. The Morgan fingerprint density at radius 1 is 0.932 bits per heavy atom. The van der Waals surface area contributed by atoms with E-state index in [2.05, 4.69) is 13.0 Å². The third-order valence-electron chi connectivity index (χ3n) is 7.05. The van der Waals surface area contributed by atoms with Gasteiger partial charge in [0.1, 0.15) is 41.3 Å². The van der Waals surface area contributed by atoms with Crippen molar-refractivity contribution < 1.29 is 32.9 Å². The van der Waals surface area contributed by atoms with Gasteiger partial charge in [-0.25, -0.2) is 9.18 Å². The van der Waals surface area contributed by atoms with E-state index in [-0.39, 0.29) is 36.2 Å². The van der Waals surface area contributed by atoms with Crippen molar-refractivity contribution in [1.82, 2.24) is 0 Å². The highest BCUT2D eigenvalue weighted by atomic mass is 19.1. The van der Waals surface area contributed by atoms with Crippen LogP contribution >= 0.6 is 0 Å². The Bertz CT molecular complexity index is 1730. The maximum absolute atomic E-state index is 14.1. The fraction of sp³-hybridized carbons (Fsp3) is 0.200. The van der Waals surface area contributed by atoms with Gasteiger partial charge in [-0.3, -0.25) is 0 Å². The summed E-state index contributed by atoms with van der Waals surface area (Å²) in [6.07, 6.45) is 0.906. The second-order valence-electron chi connectivity index (χ2n) is 9.90. The maximum atomic E-state index is 14.1. The summed E-state index contributed by atoms with van der Waals surface area (Å²) < 4.78 is 42.7. The number of benzene rings is 4. The van der Waals surface area contributed by atoms with Crippen molar-refractivity contribution in [3.8, 4) is 34.8 Å². The molecule has 0 bridgehead atoms. The number of nitrogens with zero attached hydrogens (tertiary/aromatic N) is 1. The number of hydrogen-bond acceptors (Lipinski definition) is 8. The van der Waals surface area contributed by atoms with Gasteiger partial charge in [-0.1, -0.05) is 49.4 Å². The van der Waals surface area contributed by atoms with E-state index < -0.39 is 11.9 Å². The molecule has 8 nitrogen and oxygen atoms in total. The van der Waals surface area contributed by atoms with Gasteiger partial charge in [-0.05, 0) is 60.9 Å². The number of allylic oxidation sites excluding steroid dienone is 1. The number of esters is 1. The van der Waals surface area contributed by atoms with Crippen LogP contribution in [0, 0.1) is 17.1 Å². The quantitative estimate of drug-likeness (QED) is 0.153. The first kappa shape index (κ1) is 30.0. The van der Waals surface area contributed by atoms with Gasteiger partial charge in [0.05, 0.1) is 12.5 Å². The first-order valence-corrected chi connectivity index (χ1v) is 14.2. The Hall–Kier alpha value is -5.49. The number of carbonyl (C=O) groups excluding carboxylic acids is 1. The molecule has 1 unspecified atom stereocenters. The molecule has 4 aromatic rings. The van der Waals surface area contributed by atoms with Gasteiger partial charge < -0.3 is 29.4 Å². The van der Waals surface area contributed by atoms with Gasteiger partial charge in [-0.2, -0.15) is 5.26 Å². The predicted molar refractivity (Wildman–Crippen MR) is 161 cm³/mol. The summed E-state index contributed by atoms with van der Waals surface area (Å²) >= 11 is 0. The third kappa shape index (κ3) is 6.76. The lowest BCUT2D eigenvalue weighted by atomic mass is 9.83. The molecule has 1 aliphatic rings. The molecule has 0 saturated carbocycles. The van der Waals surface area contributed by atoms with Crippen LogP contribution in [-0.4, -0.2) is 19.2 Å². The number of rotatable bonds is 11. The molecule has 1 aliphatic heterocycles. The van der Waals surface area contributed by atoms with Gasteiger partial charge in [0, 0.05) is 17.2 Å². The molecule has 224 valence electrons. The van der Waals surface area contributed by atoms with Gasteiger partial charge >= 0.3 is 5.97 Å². The smallest absolute Gasteiger partial charge is 0.349 e. The van der Waals surface area contributed by atoms with E-state index in [1.165, 1.54) is 11.6 Å². The molecular weight excluding hydrogens is 563 g/mol. The number of aryl methyl sites for hydroxylation is 1. The van der Waals surface area contributed by atoms with Crippen LogP contribution in [0.25, 0.3) is 0 Å². The minimum absolute atomic E-state index is 0.0141. The van der Waals surface area contributed by atoms with E-state index in [4.69, 9.17) is 29.4 Å². The molecule has 44 heavy (non-hydrogen) atoms. The summed E-state index contributed by atoms with van der Waals surface area (Å²) in [5.74, 6) is 0.376. The molecule has 0 saturated heterocycles. The van der Waals surface area contributed by atoms with Gasteiger partial charge in [0.15, 0.2) is 18.1 Å². The summed E-state index contributed by atoms with van der Waals surface area (Å²) in [5.41, 5.74) is 9.32. The van der Waals surface area contributed by atoms with Crippen molar-refractivity contribution >= 4 is 5.97 Å². The predicted octanol–water partition coefficient (Wildman–Crippen LogP) is 6.57. The molecule has 5 rings (SSSR count). The van der Waals surface area contributed by atoms with E-state index >= 15 is 0 Å². The van der Waals surface area contributed by atoms with Gasteiger partial charge in [0.2, 0.25) is 5.88 Å². The van der Waals surface area contributed by atoms with Crippen molar-refractivity contribution in [2.24, 2.45) is 5.73 Å². The summed E-state index contributed by atoms with van der Waals surface area (Å²) in [7, 11) is 0. The normalized spacial score (nSPS) is 13.7. The Morgan fingerprint density at radius 3 is 2.43 bits per heavy atom. The highest BCUT2D eigenvalue weighted by molar-refractivity contribution is 5.74. The lowest BCUT2D eigenvalue weighted by Gasteiger charge is -2.27. The molecule has 1 heterocycles. The number of nitrogens with two attached hydrogens (primary N) is 1. The molecule has 2 N–H and O–H groups in total. The second kappa shape index (κ2) is 13.7. The van der Waals surface area contributed by atoms with Crippen molar-refractivity contribution in [3.63, 3.8) is 0 Å². The SMILES string of the molecule is CCOc1cc(C2C(C#N)=C(N)Oc3cc(OC(=O)COc4ccc(CC)cc4)ccc32)ccc1OCc1ccccc1F. The maximum Gasteiger partial charge on any atom is 0.349 e. The van der Waals surface area contributed by atoms with Crippen LogP contribution in [0.2, 0.25) is 0 Å². The Kier molecular flexibility index (Phi) is 9.31. The minimum atomic E-state index is -0.595. The molecule has 0 aliphatic carbocycles. The lowest BCUT2D eigenvalue weighted by molar-refractivity contribution is -0.136. The minimum Gasteiger partial charge on any atom is -0.490 e. The molecule has 0 radical (unpaired) electrons. The Morgan fingerprint density at radius 2 is 1.70 bits per heavy atom. The first-order chi connectivity index (χ1) is 21.4. The monoisotopic (exact) mass is 594 g/mol. The van der Waals surface area contributed by atoms with E-state index in [0.717, 1.165) is 6.42 Å². The Balaban J connectivity index is 1.36. The zero-order chi connectivity index (χ0) is 31.1. The number of ether oxygens (including phenoxy) is 5. The van der Waals surface area contributed by atoms with Crippen molar-refractivity contribution in [2.75, 3.05) is 13.2 Å². The average Bonchev–Trinajstić information content (AvgIpc) is 3.03. The van der Waals surface area contributed by atoms with Crippen LogP contribution in [0.3, 0.4) is 0 Å². The van der Waals surface area contributed by atoms with Crippen LogP contribution in [-0.2, 0) is 17.8 Å². The van der Waals surface area contributed by atoms with Crippen molar-refractivity contribution in [3.05, 3.63) is 124 Å². The number of nitriles is 1. The number of hydrogen-bond donors (Lipinski definition) is 1. The third-order valence-corrected chi connectivity index (χ3v) is 7.05. The topological polar surface area (TPSA) is 113 Å².